The lowest BCUT2D eigenvalue weighted by Gasteiger charge is -1.97. The third kappa shape index (κ3) is 1.28. The van der Waals surface area contributed by atoms with Crippen LogP contribution in [0.1, 0.15) is 18.4 Å². The molecule has 1 aliphatic carbocycles. The molecule has 0 bridgehead atoms. The molecular formula is C10H9NO. The summed E-state index contributed by atoms with van der Waals surface area (Å²) in [5.41, 5.74) is 2.19. The maximum Gasteiger partial charge on any atom is 0.156 e. The smallest absolute Gasteiger partial charge is 0.156 e. The number of pyridine rings is 1. The first-order valence-corrected chi connectivity index (χ1v) is 4.00. The van der Waals surface area contributed by atoms with Crippen molar-refractivity contribution >= 4 is 11.4 Å². The van der Waals surface area contributed by atoms with Crippen LogP contribution in [0.4, 0.5) is 0 Å². The summed E-state index contributed by atoms with van der Waals surface area (Å²) in [6, 6.07) is 3.87. The fourth-order valence-electron chi connectivity index (χ4n) is 1.38. The first-order valence-electron chi connectivity index (χ1n) is 4.00. The number of hydrogen-bond donors (Lipinski definition) is 0. The summed E-state index contributed by atoms with van der Waals surface area (Å²) < 4.78 is 0. The van der Waals surface area contributed by atoms with Gasteiger partial charge in [0.2, 0.25) is 0 Å². The molecule has 0 N–H and O–H groups in total. The third-order valence-electron chi connectivity index (χ3n) is 2.01. The molecule has 60 valence electrons. The summed E-state index contributed by atoms with van der Waals surface area (Å²) in [5, 5.41) is 0. The van der Waals surface area contributed by atoms with Crippen LogP contribution in [-0.4, -0.2) is 10.8 Å². The van der Waals surface area contributed by atoms with Gasteiger partial charge in [0.05, 0.1) is 0 Å². The molecule has 0 radical (unpaired) electrons. The van der Waals surface area contributed by atoms with E-state index in [9.17, 15) is 4.79 Å². The Morgan fingerprint density at radius 1 is 1.33 bits per heavy atom. The van der Waals surface area contributed by atoms with Crippen LogP contribution < -0.4 is 0 Å². The van der Waals surface area contributed by atoms with Crippen LogP contribution in [0, 0.1) is 0 Å². The maximum atomic E-state index is 10.9. The van der Waals surface area contributed by atoms with Crippen LogP contribution in [-0.2, 0) is 4.79 Å². The molecule has 0 spiro atoms. The fraction of sp³-hybridized carbons (Fsp3) is 0.200. The Morgan fingerprint density at radius 2 is 2.25 bits per heavy atom. The third-order valence-corrected chi connectivity index (χ3v) is 2.01. The average molecular weight is 159 g/mol. The molecule has 0 atom stereocenters. The predicted octanol–water partition coefficient (Wildman–Crippen LogP) is 1.83. The van der Waals surface area contributed by atoms with Gasteiger partial charge in [-0.05, 0) is 29.7 Å². The highest BCUT2D eigenvalue weighted by Gasteiger charge is 2.12. The van der Waals surface area contributed by atoms with Crippen molar-refractivity contribution in [3.8, 4) is 0 Å². The van der Waals surface area contributed by atoms with E-state index in [4.69, 9.17) is 0 Å². The zero-order valence-electron chi connectivity index (χ0n) is 6.66. The van der Waals surface area contributed by atoms with Gasteiger partial charge in [0.1, 0.15) is 0 Å². The molecule has 2 nitrogen and oxygen atoms in total. The van der Waals surface area contributed by atoms with Gasteiger partial charge in [-0.3, -0.25) is 9.78 Å². The van der Waals surface area contributed by atoms with Crippen LogP contribution in [0.2, 0.25) is 0 Å². The number of allylic oxidation sites excluding steroid dienone is 2. The number of nitrogens with zero attached hydrogens (tertiary/aromatic N) is 1. The number of ketones is 1. The lowest BCUT2D eigenvalue weighted by Crippen LogP contribution is -1.80. The zero-order chi connectivity index (χ0) is 8.39. The normalized spacial score (nSPS) is 16.3. The van der Waals surface area contributed by atoms with Gasteiger partial charge in [-0.2, -0.15) is 0 Å². The molecule has 0 aromatic carbocycles. The van der Waals surface area contributed by atoms with Gasteiger partial charge in [-0.15, -0.1) is 0 Å². The minimum absolute atomic E-state index is 0.230. The molecule has 1 aromatic rings. The molecule has 0 saturated heterocycles. The van der Waals surface area contributed by atoms with E-state index in [1.165, 1.54) is 0 Å². The summed E-state index contributed by atoms with van der Waals surface area (Å²) in [4.78, 5) is 14.9. The minimum atomic E-state index is 0.230. The Kier molecular flexibility index (Phi) is 1.74. The molecule has 0 fully saturated rings. The Morgan fingerprint density at radius 3 is 2.83 bits per heavy atom. The van der Waals surface area contributed by atoms with Crippen LogP contribution in [0.3, 0.4) is 0 Å². The summed E-state index contributed by atoms with van der Waals surface area (Å²) in [7, 11) is 0. The van der Waals surface area contributed by atoms with Crippen molar-refractivity contribution in [3.63, 3.8) is 0 Å². The van der Waals surface area contributed by atoms with Crippen LogP contribution in [0.25, 0.3) is 5.57 Å². The number of aromatic nitrogens is 1. The van der Waals surface area contributed by atoms with Gasteiger partial charge in [0, 0.05) is 18.8 Å². The average Bonchev–Trinajstić information content (AvgIpc) is 2.54. The zero-order valence-corrected chi connectivity index (χ0v) is 6.66. The van der Waals surface area contributed by atoms with Gasteiger partial charge >= 0.3 is 0 Å². The summed E-state index contributed by atoms with van der Waals surface area (Å²) in [5.74, 6) is 0.230. The molecular weight excluding hydrogens is 150 g/mol. The van der Waals surface area contributed by atoms with Crippen molar-refractivity contribution in [2.24, 2.45) is 0 Å². The number of rotatable bonds is 1. The van der Waals surface area contributed by atoms with Crippen molar-refractivity contribution in [1.82, 2.24) is 4.98 Å². The maximum absolute atomic E-state index is 10.9. The van der Waals surface area contributed by atoms with E-state index < -0.39 is 0 Å². The minimum Gasteiger partial charge on any atom is -0.295 e. The Bertz CT molecular complexity index is 327. The molecule has 2 rings (SSSR count). The highest BCUT2D eigenvalue weighted by molar-refractivity contribution is 6.01. The fourth-order valence-corrected chi connectivity index (χ4v) is 1.38. The van der Waals surface area contributed by atoms with E-state index in [1.807, 2.05) is 12.1 Å². The van der Waals surface area contributed by atoms with E-state index >= 15 is 0 Å². The highest BCUT2D eigenvalue weighted by atomic mass is 16.1. The number of hydrogen-bond acceptors (Lipinski definition) is 2. The monoisotopic (exact) mass is 159 g/mol. The van der Waals surface area contributed by atoms with Crippen LogP contribution in [0.5, 0.6) is 0 Å². The standard InChI is InChI=1S/C10H9NO/c12-10-4-3-8(6-10)9-2-1-5-11-7-9/h1-2,5-7H,3-4H2. The Balaban J connectivity index is 2.33. The molecule has 1 heterocycles. The van der Waals surface area contributed by atoms with Crippen molar-refractivity contribution in [1.29, 1.82) is 0 Å². The molecule has 1 aromatic heterocycles. The Labute approximate surface area is 70.9 Å². The van der Waals surface area contributed by atoms with Gasteiger partial charge in [0.15, 0.2) is 5.78 Å². The quantitative estimate of drug-likeness (QED) is 0.625. The first kappa shape index (κ1) is 7.22. The van der Waals surface area contributed by atoms with E-state index in [-0.39, 0.29) is 5.78 Å². The first-order chi connectivity index (χ1) is 5.86. The van der Waals surface area contributed by atoms with E-state index in [1.54, 1.807) is 18.5 Å². The SMILES string of the molecule is O=C1C=C(c2cccnc2)CC1. The molecule has 0 saturated carbocycles. The second-order valence-electron chi connectivity index (χ2n) is 2.88. The van der Waals surface area contributed by atoms with Crippen LogP contribution in [0.15, 0.2) is 30.6 Å². The van der Waals surface area contributed by atoms with E-state index in [0.717, 1.165) is 17.6 Å². The highest BCUT2D eigenvalue weighted by Crippen LogP contribution is 2.24. The van der Waals surface area contributed by atoms with Gasteiger partial charge < -0.3 is 0 Å². The van der Waals surface area contributed by atoms with E-state index in [0.29, 0.717) is 6.42 Å². The van der Waals surface area contributed by atoms with Crippen molar-refractivity contribution in [2.45, 2.75) is 12.8 Å². The number of carbonyl (C=O) groups is 1. The Hall–Kier alpha value is -1.44. The lowest BCUT2D eigenvalue weighted by molar-refractivity contribution is -0.114. The van der Waals surface area contributed by atoms with Gasteiger partial charge in [-0.1, -0.05) is 6.07 Å². The van der Waals surface area contributed by atoms with Gasteiger partial charge in [0.25, 0.3) is 0 Å². The molecule has 1 aliphatic rings. The van der Waals surface area contributed by atoms with Crippen molar-refractivity contribution < 1.29 is 4.79 Å². The summed E-state index contributed by atoms with van der Waals surface area (Å²) in [6.45, 7) is 0. The topological polar surface area (TPSA) is 30.0 Å². The van der Waals surface area contributed by atoms with Crippen molar-refractivity contribution in [3.05, 3.63) is 36.2 Å². The molecule has 12 heavy (non-hydrogen) atoms. The number of carbonyl (C=O) groups excluding carboxylic acids is 1. The summed E-state index contributed by atoms with van der Waals surface area (Å²) in [6.07, 6.45) is 6.77. The molecule has 0 unspecified atom stereocenters. The largest absolute Gasteiger partial charge is 0.295 e. The molecule has 0 aliphatic heterocycles. The molecule has 2 heteroatoms. The second kappa shape index (κ2) is 2.89. The second-order valence-corrected chi connectivity index (χ2v) is 2.88. The predicted molar refractivity (Wildman–Crippen MR) is 46.5 cm³/mol. The van der Waals surface area contributed by atoms with Crippen LogP contribution >= 0.6 is 0 Å². The summed E-state index contributed by atoms with van der Waals surface area (Å²) >= 11 is 0. The molecule has 0 amide bonds. The van der Waals surface area contributed by atoms with E-state index in [2.05, 4.69) is 4.98 Å². The van der Waals surface area contributed by atoms with Crippen molar-refractivity contribution in [2.75, 3.05) is 0 Å². The lowest BCUT2D eigenvalue weighted by atomic mass is 10.1. The van der Waals surface area contributed by atoms with Gasteiger partial charge in [-0.25, -0.2) is 0 Å².